The molecule has 0 saturated carbocycles. The standard InChI is InChI=1S/C40H70O7/c1-3-5-7-9-11-13-15-17-18-20-22-24-26-28-32-39(44)46-34-36(41)35-47-40(45)33-29-31-38(43)37(42)30-27-25-23-21-19-16-14-12-10-8-6-4-2/h6,8,12,14,19,21,25,27,36-38,41-43H,3-5,7,9-11,13,15-18,20,22-24,26,28-35H2,1-2H3/b8-6-,14-12-,21-19-,27-25-/t36-,37+,38+/m1/s1. The molecule has 47 heavy (non-hydrogen) atoms. The van der Waals surface area contributed by atoms with Crippen molar-refractivity contribution in [3.05, 3.63) is 48.6 Å². The van der Waals surface area contributed by atoms with E-state index in [0.29, 0.717) is 19.3 Å². The Morgan fingerprint density at radius 3 is 1.38 bits per heavy atom. The van der Waals surface area contributed by atoms with Crippen LogP contribution in [-0.4, -0.2) is 58.8 Å². The van der Waals surface area contributed by atoms with E-state index in [-0.39, 0.29) is 32.0 Å². The fourth-order valence-electron chi connectivity index (χ4n) is 5.05. The molecule has 0 aromatic heterocycles. The molecule has 0 bridgehead atoms. The quantitative estimate of drug-likeness (QED) is 0.0364. The molecular weight excluding hydrogens is 592 g/mol. The molecule has 0 aliphatic rings. The van der Waals surface area contributed by atoms with Gasteiger partial charge in [0.25, 0.3) is 0 Å². The van der Waals surface area contributed by atoms with Crippen LogP contribution in [0.1, 0.15) is 162 Å². The van der Waals surface area contributed by atoms with Crippen molar-refractivity contribution < 1.29 is 34.4 Å². The minimum Gasteiger partial charge on any atom is -0.463 e. The average Bonchev–Trinajstić information content (AvgIpc) is 3.06. The first-order valence-electron chi connectivity index (χ1n) is 18.9. The summed E-state index contributed by atoms with van der Waals surface area (Å²) in [6.07, 6.45) is 36.3. The highest BCUT2D eigenvalue weighted by Gasteiger charge is 2.16. The minimum absolute atomic E-state index is 0.0688. The van der Waals surface area contributed by atoms with Crippen LogP contribution in [0.3, 0.4) is 0 Å². The predicted molar refractivity (Wildman–Crippen MR) is 194 cm³/mol. The van der Waals surface area contributed by atoms with Crippen molar-refractivity contribution in [2.75, 3.05) is 13.2 Å². The van der Waals surface area contributed by atoms with Crippen LogP contribution in [0.4, 0.5) is 0 Å². The molecule has 3 N–H and O–H groups in total. The first-order valence-corrected chi connectivity index (χ1v) is 18.9. The summed E-state index contributed by atoms with van der Waals surface area (Å²) >= 11 is 0. The Bertz CT molecular complexity index is 832. The van der Waals surface area contributed by atoms with Crippen LogP contribution in [0.5, 0.6) is 0 Å². The molecule has 3 atom stereocenters. The van der Waals surface area contributed by atoms with E-state index in [4.69, 9.17) is 9.47 Å². The number of aliphatic hydroxyl groups excluding tert-OH is 3. The molecule has 0 unspecified atom stereocenters. The maximum Gasteiger partial charge on any atom is 0.305 e. The van der Waals surface area contributed by atoms with Crippen molar-refractivity contribution in [1.82, 2.24) is 0 Å². The Hall–Kier alpha value is -2.22. The second kappa shape index (κ2) is 35.1. The van der Waals surface area contributed by atoms with E-state index in [0.717, 1.165) is 44.9 Å². The molecule has 7 nitrogen and oxygen atoms in total. The number of ether oxygens (including phenoxy) is 2. The van der Waals surface area contributed by atoms with Crippen molar-refractivity contribution in [2.24, 2.45) is 0 Å². The summed E-state index contributed by atoms with van der Waals surface area (Å²) in [4.78, 5) is 23.9. The van der Waals surface area contributed by atoms with E-state index >= 15 is 0 Å². The zero-order valence-corrected chi connectivity index (χ0v) is 30.0. The zero-order chi connectivity index (χ0) is 34.6. The van der Waals surface area contributed by atoms with Crippen LogP contribution < -0.4 is 0 Å². The van der Waals surface area contributed by atoms with Crippen molar-refractivity contribution in [3.8, 4) is 0 Å². The smallest absolute Gasteiger partial charge is 0.305 e. The van der Waals surface area contributed by atoms with E-state index in [9.17, 15) is 24.9 Å². The lowest BCUT2D eigenvalue weighted by Crippen LogP contribution is -2.26. The number of hydrogen-bond acceptors (Lipinski definition) is 7. The topological polar surface area (TPSA) is 113 Å². The number of esters is 2. The molecule has 0 fully saturated rings. The van der Waals surface area contributed by atoms with Gasteiger partial charge >= 0.3 is 11.9 Å². The van der Waals surface area contributed by atoms with E-state index in [1.54, 1.807) is 0 Å². The fourth-order valence-corrected chi connectivity index (χ4v) is 5.05. The Kier molecular flexibility index (Phi) is 33.4. The molecule has 272 valence electrons. The number of hydrogen-bond donors (Lipinski definition) is 3. The third-order valence-electron chi connectivity index (χ3n) is 8.03. The Morgan fingerprint density at radius 1 is 0.511 bits per heavy atom. The number of aliphatic hydroxyl groups is 3. The summed E-state index contributed by atoms with van der Waals surface area (Å²) < 4.78 is 10.2. The second-order valence-corrected chi connectivity index (χ2v) is 12.6. The van der Waals surface area contributed by atoms with Crippen LogP contribution in [-0.2, 0) is 19.1 Å². The average molecular weight is 663 g/mol. The van der Waals surface area contributed by atoms with Gasteiger partial charge in [-0.1, -0.05) is 146 Å². The molecule has 0 aromatic rings. The summed E-state index contributed by atoms with van der Waals surface area (Å²) in [5, 5.41) is 30.3. The monoisotopic (exact) mass is 663 g/mol. The number of carbonyl (C=O) groups is 2. The van der Waals surface area contributed by atoms with Crippen molar-refractivity contribution >= 4 is 11.9 Å². The molecule has 0 heterocycles. The van der Waals surface area contributed by atoms with Crippen molar-refractivity contribution in [3.63, 3.8) is 0 Å². The maximum absolute atomic E-state index is 12.0. The Balaban J connectivity index is 3.70. The molecule has 0 aliphatic carbocycles. The van der Waals surface area contributed by atoms with E-state index in [1.807, 2.05) is 12.2 Å². The number of rotatable bonds is 33. The van der Waals surface area contributed by atoms with E-state index in [1.165, 1.54) is 70.6 Å². The first-order chi connectivity index (χ1) is 22.9. The molecular formula is C40H70O7. The van der Waals surface area contributed by atoms with Gasteiger partial charge in [-0.05, 0) is 51.4 Å². The van der Waals surface area contributed by atoms with Crippen LogP contribution in [0, 0.1) is 0 Å². The van der Waals surface area contributed by atoms with Crippen LogP contribution in [0.15, 0.2) is 48.6 Å². The van der Waals surface area contributed by atoms with Gasteiger partial charge in [0, 0.05) is 12.8 Å². The molecule has 0 aliphatic heterocycles. The van der Waals surface area contributed by atoms with Crippen LogP contribution in [0.25, 0.3) is 0 Å². The molecule has 0 aromatic carbocycles. The van der Waals surface area contributed by atoms with E-state index in [2.05, 4.69) is 50.3 Å². The van der Waals surface area contributed by atoms with Gasteiger partial charge in [0.1, 0.15) is 19.3 Å². The lowest BCUT2D eigenvalue weighted by atomic mass is 10.0. The SMILES string of the molecule is CC/C=C\C/C=C\C/C=C\C/C=C\C[C@H](O)[C@@H](O)CCCC(=O)OC[C@H](O)COC(=O)CCCCCCCCCCCCCCCC. The minimum atomic E-state index is -1.07. The highest BCUT2D eigenvalue weighted by atomic mass is 16.6. The number of carbonyl (C=O) groups excluding carboxylic acids is 2. The van der Waals surface area contributed by atoms with Crippen molar-refractivity contribution in [1.29, 1.82) is 0 Å². The lowest BCUT2D eigenvalue weighted by Gasteiger charge is -2.16. The summed E-state index contributed by atoms with van der Waals surface area (Å²) in [5.74, 6) is -0.842. The molecule has 0 rings (SSSR count). The lowest BCUT2D eigenvalue weighted by molar-refractivity contribution is -0.152. The van der Waals surface area contributed by atoms with Gasteiger partial charge in [0.05, 0.1) is 12.2 Å². The summed E-state index contributed by atoms with van der Waals surface area (Å²) in [7, 11) is 0. The van der Waals surface area contributed by atoms with Crippen LogP contribution >= 0.6 is 0 Å². The molecule has 7 heteroatoms. The predicted octanol–water partition coefficient (Wildman–Crippen LogP) is 9.39. The number of unbranched alkanes of at least 4 members (excludes halogenated alkanes) is 13. The molecule has 0 amide bonds. The van der Waals surface area contributed by atoms with Gasteiger partial charge in [-0.25, -0.2) is 0 Å². The highest BCUT2D eigenvalue weighted by molar-refractivity contribution is 5.69. The first kappa shape index (κ1) is 44.8. The molecule has 0 spiro atoms. The van der Waals surface area contributed by atoms with Gasteiger partial charge < -0.3 is 24.8 Å². The third-order valence-corrected chi connectivity index (χ3v) is 8.03. The number of allylic oxidation sites excluding steroid dienone is 7. The third kappa shape index (κ3) is 33.5. The fraction of sp³-hybridized carbons (Fsp3) is 0.750. The van der Waals surface area contributed by atoms with Gasteiger partial charge in [-0.15, -0.1) is 0 Å². The van der Waals surface area contributed by atoms with Gasteiger partial charge in [0.15, 0.2) is 0 Å². The molecule has 0 saturated heterocycles. The summed E-state index contributed by atoms with van der Waals surface area (Å²) in [5.41, 5.74) is 0. The normalized spacial score (nSPS) is 14.1. The van der Waals surface area contributed by atoms with Gasteiger partial charge in [-0.3, -0.25) is 9.59 Å². The van der Waals surface area contributed by atoms with Crippen molar-refractivity contribution in [2.45, 2.75) is 180 Å². The van der Waals surface area contributed by atoms with Gasteiger partial charge in [0.2, 0.25) is 0 Å². The zero-order valence-electron chi connectivity index (χ0n) is 30.0. The second-order valence-electron chi connectivity index (χ2n) is 12.6. The summed E-state index contributed by atoms with van der Waals surface area (Å²) in [6.45, 7) is 3.92. The molecule has 0 radical (unpaired) electrons. The Morgan fingerprint density at radius 2 is 0.915 bits per heavy atom. The largest absolute Gasteiger partial charge is 0.463 e. The maximum atomic E-state index is 12.0. The Labute approximate surface area is 287 Å². The van der Waals surface area contributed by atoms with Gasteiger partial charge in [-0.2, -0.15) is 0 Å². The highest BCUT2D eigenvalue weighted by Crippen LogP contribution is 2.14. The van der Waals surface area contributed by atoms with E-state index < -0.39 is 24.3 Å². The van der Waals surface area contributed by atoms with Crippen LogP contribution in [0.2, 0.25) is 0 Å². The summed E-state index contributed by atoms with van der Waals surface area (Å²) in [6, 6.07) is 0.